The Hall–Kier alpha value is -1.87. The highest BCUT2D eigenvalue weighted by Crippen LogP contribution is 2.42. The van der Waals surface area contributed by atoms with E-state index < -0.39 is 0 Å². The van der Waals surface area contributed by atoms with Gasteiger partial charge in [-0.15, -0.1) is 0 Å². The van der Waals surface area contributed by atoms with Crippen LogP contribution in [-0.2, 0) is 6.42 Å². The summed E-state index contributed by atoms with van der Waals surface area (Å²) in [6.07, 6.45) is 2.24. The SMILES string of the molecule is Cc1ccc(F)c(-c2cccc3c2N2CCNCCC2C3)c1. The highest BCUT2D eigenvalue weighted by molar-refractivity contribution is 5.83. The molecular weight excluding hydrogens is 275 g/mol. The first kappa shape index (κ1) is 13.8. The van der Waals surface area contributed by atoms with Gasteiger partial charge in [0.2, 0.25) is 0 Å². The molecule has 1 unspecified atom stereocenters. The number of anilines is 1. The van der Waals surface area contributed by atoms with Gasteiger partial charge in [-0.1, -0.05) is 29.8 Å². The molecule has 2 heterocycles. The average molecular weight is 296 g/mol. The Morgan fingerprint density at radius 3 is 2.95 bits per heavy atom. The summed E-state index contributed by atoms with van der Waals surface area (Å²) < 4.78 is 14.4. The monoisotopic (exact) mass is 296 g/mol. The molecule has 0 aliphatic carbocycles. The fourth-order valence-electron chi connectivity index (χ4n) is 3.85. The topological polar surface area (TPSA) is 15.3 Å². The molecule has 0 bridgehead atoms. The van der Waals surface area contributed by atoms with Crippen LogP contribution >= 0.6 is 0 Å². The molecular formula is C19H21FN2. The van der Waals surface area contributed by atoms with Gasteiger partial charge in [-0.2, -0.15) is 0 Å². The summed E-state index contributed by atoms with van der Waals surface area (Å²) in [6.45, 7) is 5.09. The molecule has 0 aromatic heterocycles. The van der Waals surface area contributed by atoms with Gasteiger partial charge in [0.15, 0.2) is 0 Å². The van der Waals surface area contributed by atoms with Crippen molar-refractivity contribution in [3.63, 3.8) is 0 Å². The molecule has 1 saturated heterocycles. The molecule has 2 nitrogen and oxygen atoms in total. The first-order chi connectivity index (χ1) is 10.7. The van der Waals surface area contributed by atoms with Crippen molar-refractivity contribution in [2.45, 2.75) is 25.8 Å². The van der Waals surface area contributed by atoms with Crippen LogP contribution in [0.15, 0.2) is 36.4 Å². The molecule has 2 aromatic rings. The number of aryl methyl sites for hydroxylation is 1. The first-order valence-corrected chi connectivity index (χ1v) is 8.10. The zero-order valence-corrected chi connectivity index (χ0v) is 12.9. The zero-order chi connectivity index (χ0) is 15.1. The van der Waals surface area contributed by atoms with Gasteiger partial charge >= 0.3 is 0 Å². The Labute approximate surface area is 131 Å². The lowest BCUT2D eigenvalue weighted by molar-refractivity contribution is 0.612. The number of halogens is 1. The van der Waals surface area contributed by atoms with Crippen LogP contribution in [0.25, 0.3) is 11.1 Å². The predicted molar refractivity (Wildman–Crippen MR) is 88.9 cm³/mol. The van der Waals surface area contributed by atoms with Gasteiger partial charge < -0.3 is 10.2 Å². The van der Waals surface area contributed by atoms with E-state index in [9.17, 15) is 4.39 Å². The van der Waals surface area contributed by atoms with Crippen molar-refractivity contribution in [3.05, 3.63) is 53.3 Å². The standard InChI is InChI=1S/C19H21FN2/c1-13-5-6-18(20)17(11-13)16-4-2-3-14-12-15-7-8-21-9-10-22(15)19(14)16/h2-6,11,15,21H,7-10,12H2,1H3. The summed E-state index contributed by atoms with van der Waals surface area (Å²) in [6, 6.07) is 12.3. The summed E-state index contributed by atoms with van der Waals surface area (Å²) in [5.41, 5.74) is 5.49. The molecule has 1 atom stereocenters. The average Bonchev–Trinajstić information content (AvgIpc) is 2.72. The fourth-order valence-corrected chi connectivity index (χ4v) is 3.85. The third-order valence-electron chi connectivity index (χ3n) is 4.90. The minimum absolute atomic E-state index is 0.129. The number of rotatable bonds is 1. The van der Waals surface area contributed by atoms with Crippen molar-refractivity contribution in [3.8, 4) is 11.1 Å². The van der Waals surface area contributed by atoms with Crippen molar-refractivity contribution in [2.24, 2.45) is 0 Å². The summed E-state index contributed by atoms with van der Waals surface area (Å²) in [5.74, 6) is -0.129. The van der Waals surface area contributed by atoms with E-state index in [1.807, 2.05) is 19.1 Å². The number of hydrogen-bond acceptors (Lipinski definition) is 2. The lowest BCUT2D eigenvalue weighted by atomic mass is 9.98. The normalized spacial score (nSPS) is 20.5. The van der Waals surface area contributed by atoms with Gasteiger partial charge in [0.25, 0.3) is 0 Å². The van der Waals surface area contributed by atoms with Crippen LogP contribution in [0.2, 0.25) is 0 Å². The van der Waals surface area contributed by atoms with Crippen molar-refractivity contribution in [1.82, 2.24) is 5.32 Å². The summed E-state index contributed by atoms with van der Waals surface area (Å²) in [7, 11) is 0. The minimum atomic E-state index is -0.129. The maximum Gasteiger partial charge on any atom is 0.131 e. The second kappa shape index (κ2) is 5.40. The van der Waals surface area contributed by atoms with Crippen LogP contribution in [0.4, 0.5) is 10.1 Å². The molecule has 3 heteroatoms. The lowest BCUT2D eigenvalue weighted by Crippen LogP contribution is -2.33. The maximum absolute atomic E-state index is 14.4. The Morgan fingerprint density at radius 2 is 2.05 bits per heavy atom. The highest BCUT2D eigenvalue weighted by atomic mass is 19.1. The molecule has 2 aliphatic rings. The van der Waals surface area contributed by atoms with Gasteiger partial charge in [0, 0.05) is 35.9 Å². The van der Waals surface area contributed by atoms with Crippen molar-refractivity contribution < 1.29 is 4.39 Å². The number of benzene rings is 2. The van der Waals surface area contributed by atoms with E-state index in [4.69, 9.17) is 0 Å². The molecule has 0 saturated carbocycles. The number of para-hydroxylation sites is 1. The summed E-state index contributed by atoms with van der Waals surface area (Å²) in [4.78, 5) is 2.49. The van der Waals surface area contributed by atoms with Crippen LogP contribution in [0, 0.1) is 12.7 Å². The number of hydrogen-bond donors (Lipinski definition) is 1. The predicted octanol–water partition coefficient (Wildman–Crippen LogP) is 3.53. The van der Waals surface area contributed by atoms with E-state index >= 15 is 0 Å². The Morgan fingerprint density at radius 1 is 1.14 bits per heavy atom. The quantitative estimate of drug-likeness (QED) is 0.866. The molecule has 2 aliphatic heterocycles. The molecule has 0 radical (unpaired) electrons. The Kier molecular flexibility index (Phi) is 3.38. The largest absolute Gasteiger partial charge is 0.366 e. The summed E-state index contributed by atoms with van der Waals surface area (Å²) >= 11 is 0. The lowest BCUT2D eigenvalue weighted by Gasteiger charge is -2.26. The van der Waals surface area contributed by atoms with E-state index in [1.54, 1.807) is 6.07 Å². The minimum Gasteiger partial charge on any atom is -0.366 e. The number of fused-ring (bicyclic) bond motifs is 3. The summed E-state index contributed by atoms with van der Waals surface area (Å²) in [5, 5.41) is 3.47. The van der Waals surface area contributed by atoms with Crippen molar-refractivity contribution in [1.29, 1.82) is 0 Å². The first-order valence-electron chi connectivity index (χ1n) is 8.10. The van der Waals surface area contributed by atoms with Gasteiger partial charge in [-0.25, -0.2) is 4.39 Å². The van der Waals surface area contributed by atoms with E-state index in [1.165, 1.54) is 11.3 Å². The van der Waals surface area contributed by atoms with Crippen LogP contribution in [0.1, 0.15) is 17.5 Å². The smallest absolute Gasteiger partial charge is 0.131 e. The maximum atomic E-state index is 14.4. The van der Waals surface area contributed by atoms with Gasteiger partial charge in [-0.3, -0.25) is 0 Å². The molecule has 4 rings (SSSR count). The molecule has 22 heavy (non-hydrogen) atoms. The fraction of sp³-hybridized carbons (Fsp3) is 0.368. The third kappa shape index (κ3) is 2.20. The van der Waals surface area contributed by atoms with Gasteiger partial charge in [0.05, 0.1) is 0 Å². The van der Waals surface area contributed by atoms with E-state index in [0.29, 0.717) is 6.04 Å². The zero-order valence-electron chi connectivity index (χ0n) is 12.9. The second-order valence-electron chi connectivity index (χ2n) is 6.39. The molecule has 0 spiro atoms. The molecule has 2 aromatic carbocycles. The van der Waals surface area contributed by atoms with Crippen molar-refractivity contribution in [2.75, 3.05) is 24.5 Å². The van der Waals surface area contributed by atoms with Crippen LogP contribution < -0.4 is 10.2 Å². The number of nitrogens with zero attached hydrogens (tertiary/aromatic N) is 1. The van der Waals surface area contributed by atoms with E-state index in [0.717, 1.165) is 49.2 Å². The third-order valence-corrected chi connectivity index (χ3v) is 4.90. The Balaban J connectivity index is 1.86. The molecule has 1 N–H and O–H groups in total. The molecule has 114 valence electrons. The van der Waals surface area contributed by atoms with E-state index in [2.05, 4.69) is 28.4 Å². The van der Waals surface area contributed by atoms with Crippen LogP contribution in [-0.4, -0.2) is 25.7 Å². The van der Waals surface area contributed by atoms with Crippen molar-refractivity contribution >= 4 is 5.69 Å². The molecule has 0 amide bonds. The van der Waals surface area contributed by atoms with Crippen LogP contribution in [0.5, 0.6) is 0 Å². The Bertz CT molecular complexity index is 711. The highest BCUT2D eigenvalue weighted by Gasteiger charge is 2.32. The van der Waals surface area contributed by atoms with Gasteiger partial charge in [-0.05, 0) is 44.0 Å². The number of nitrogens with one attached hydrogen (secondary N) is 1. The molecule has 1 fully saturated rings. The van der Waals surface area contributed by atoms with Gasteiger partial charge in [0.1, 0.15) is 5.82 Å². The van der Waals surface area contributed by atoms with E-state index in [-0.39, 0.29) is 5.82 Å². The second-order valence-corrected chi connectivity index (χ2v) is 6.39. The van der Waals surface area contributed by atoms with Crippen LogP contribution in [0.3, 0.4) is 0 Å².